The molecule has 34 heavy (non-hydrogen) atoms. The number of carbonyl (C=O) groups is 1. The molecule has 0 bridgehead atoms. The van der Waals surface area contributed by atoms with Gasteiger partial charge in [0.05, 0.1) is 5.52 Å². The van der Waals surface area contributed by atoms with Gasteiger partial charge in [0.25, 0.3) is 0 Å². The molecule has 3 aromatic heterocycles. The standard InChI is InChI=1S/C26H31N7O/c1-16-7-5-6-9-26(16,3)20-14-33(4)15-22(20)29-25(34)30-23-12-21-19(13-28-23)24(32-31-21)18-8-10-27-17(2)11-18/h5-13,16,20,22H,14-15H2,1-4H3,(H,31,32)(H2,28,29,30,34)/t16?,20-,22-,26?/m0/s1. The van der Waals surface area contributed by atoms with Gasteiger partial charge in [-0.15, -0.1) is 0 Å². The highest BCUT2D eigenvalue weighted by Gasteiger charge is 2.45. The first kappa shape index (κ1) is 22.3. The van der Waals surface area contributed by atoms with Crippen LogP contribution < -0.4 is 10.6 Å². The second-order valence-electron chi connectivity index (χ2n) is 9.80. The smallest absolute Gasteiger partial charge is 0.320 e. The van der Waals surface area contributed by atoms with Gasteiger partial charge in [-0.05, 0) is 37.4 Å². The van der Waals surface area contributed by atoms with E-state index >= 15 is 0 Å². The third-order valence-corrected chi connectivity index (χ3v) is 7.42. The highest BCUT2D eigenvalue weighted by Crippen LogP contribution is 2.44. The minimum Gasteiger partial charge on any atom is -0.333 e. The number of likely N-dealkylation sites (N-methyl/N-ethyl adjacent to an activating group) is 1. The Balaban J connectivity index is 1.31. The van der Waals surface area contributed by atoms with E-state index in [1.807, 2.05) is 25.1 Å². The number of H-pyrrole nitrogens is 1. The molecule has 2 unspecified atom stereocenters. The number of fused-ring (bicyclic) bond motifs is 1. The zero-order chi connectivity index (χ0) is 23.9. The third-order valence-electron chi connectivity index (χ3n) is 7.42. The van der Waals surface area contributed by atoms with Crippen LogP contribution in [0.3, 0.4) is 0 Å². The Bertz CT molecular complexity index is 1280. The molecule has 2 aliphatic rings. The number of rotatable bonds is 4. The van der Waals surface area contributed by atoms with E-state index in [-0.39, 0.29) is 17.5 Å². The predicted octanol–water partition coefficient (Wildman–Crippen LogP) is 4.15. The lowest BCUT2D eigenvalue weighted by Crippen LogP contribution is -2.48. The highest BCUT2D eigenvalue weighted by atomic mass is 16.2. The van der Waals surface area contributed by atoms with Crippen molar-refractivity contribution in [1.82, 2.24) is 30.4 Å². The molecule has 4 atom stereocenters. The first-order valence-corrected chi connectivity index (χ1v) is 11.7. The molecule has 1 saturated heterocycles. The number of aromatic nitrogens is 4. The molecule has 1 aliphatic carbocycles. The van der Waals surface area contributed by atoms with Gasteiger partial charge in [-0.25, -0.2) is 9.78 Å². The Labute approximate surface area is 199 Å². The molecule has 3 aromatic rings. The number of hydrogen-bond donors (Lipinski definition) is 3. The number of allylic oxidation sites excluding steroid dienone is 4. The molecule has 1 aliphatic heterocycles. The molecule has 2 amide bonds. The number of urea groups is 1. The molecule has 8 heteroatoms. The van der Waals surface area contributed by atoms with Gasteiger partial charge in [0.15, 0.2) is 0 Å². The zero-order valence-electron chi connectivity index (χ0n) is 20.0. The number of amides is 2. The molecule has 0 radical (unpaired) electrons. The average molecular weight is 458 g/mol. The van der Waals surface area contributed by atoms with Crippen LogP contribution in [-0.4, -0.2) is 57.3 Å². The third kappa shape index (κ3) is 4.09. The Hall–Kier alpha value is -3.52. The van der Waals surface area contributed by atoms with E-state index in [0.717, 1.165) is 40.9 Å². The summed E-state index contributed by atoms with van der Waals surface area (Å²) < 4.78 is 0. The van der Waals surface area contributed by atoms with Crippen molar-refractivity contribution >= 4 is 22.8 Å². The van der Waals surface area contributed by atoms with Gasteiger partial charge in [0.2, 0.25) is 0 Å². The second kappa shape index (κ2) is 8.68. The number of pyridine rings is 2. The lowest BCUT2D eigenvalue weighted by molar-refractivity contribution is 0.173. The number of anilines is 1. The SMILES string of the molecule is Cc1cc(-c2n[nH]c3cc(NC(=O)N[C@H]4CN(C)C[C@@H]4C4(C)C=CC=CC4C)ncc23)ccn1. The predicted molar refractivity (Wildman–Crippen MR) is 134 cm³/mol. The van der Waals surface area contributed by atoms with Crippen LogP contribution in [-0.2, 0) is 0 Å². The monoisotopic (exact) mass is 457 g/mol. The normalized spacial score (nSPS) is 26.8. The first-order chi connectivity index (χ1) is 16.3. The fourth-order valence-corrected chi connectivity index (χ4v) is 5.31. The van der Waals surface area contributed by atoms with Crippen molar-refractivity contribution in [2.45, 2.75) is 26.8 Å². The van der Waals surface area contributed by atoms with Crippen molar-refractivity contribution in [2.24, 2.45) is 17.3 Å². The van der Waals surface area contributed by atoms with Crippen LogP contribution in [0.4, 0.5) is 10.6 Å². The summed E-state index contributed by atoms with van der Waals surface area (Å²) in [5.74, 6) is 1.20. The molecular formula is C26H31N7O. The van der Waals surface area contributed by atoms with Crippen LogP contribution in [0.15, 0.2) is 54.9 Å². The number of aryl methyl sites for hydroxylation is 1. The summed E-state index contributed by atoms with van der Waals surface area (Å²) in [6, 6.07) is 5.54. The van der Waals surface area contributed by atoms with Gasteiger partial charge in [-0.3, -0.25) is 15.4 Å². The zero-order valence-corrected chi connectivity index (χ0v) is 20.0. The maximum atomic E-state index is 12.9. The van der Waals surface area contributed by atoms with Crippen LogP contribution in [0.5, 0.6) is 0 Å². The molecule has 5 rings (SSSR count). The minimum absolute atomic E-state index is 0.00769. The number of nitrogens with one attached hydrogen (secondary N) is 3. The molecule has 0 saturated carbocycles. The Kier molecular flexibility index (Phi) is 5.69. The van der Waals surface area contributed by atoms with E-state index in [9.17, 15) is 4.79 Å². The quantitative estimate of drug-likeness (QED) is 0.547. The summed E-state index contributed by atoms with van der Waals surface area (Å²) in [5, 5.41) is 14.5. The summed E-state index contributed by atoms with van der Waals surface area (Å²) in [6.07, 6.45) is 12.3. The first-order valence-electron chi connectivity index (χ1n) is 11.7. The van der Waals surface area contributed by atoms with E-state index in [1.165, 1.54) is 0 Å². The van der Waals surface area contributed by atoms with Crippen molar-refractivity contribution in [3.63, 3.8) is 0 Å². The summed E-state index contributed by atoms with van der Waals surface area (Å²) in [6.45, 7) is 8.26. The summed E-state index contributed by atoms with van der Waals surface area (Å²) in [4.78, 5) is 24.0. The van der Waals surface area contributed by atoms with E-state index in [2.05, 4.69) is 80.9 Å². The van der Waals surface area contributed by atoms with Gasteiger partial charge in [-0.2, -0.15) is 5.10 Å². The second-order valence-corrected chi connectivity index (χ2v) is 9.80. The van der Waals surface area contributed by atoms with Crippen LogP contribution >= 0.6 is 0 Å². The van der Waals surface area contributed by atoms with E-state index in [0.29, 0.717) is 17.7 Å². The van der Waals surface area contributed by atoms with E-state index in [4.69, 9.17) is 0 Å². The number of carbonyl (C=O) groups excluding carboxylic acids is 1. The van der Waals surface area contributed by atoms with Gasteiger partial charge in [0.1, 0.15) is 11.5 Å². The lowest BCUT2D eigenvalue weighted by Gasteiger charge is -2.41. The van der Waals surface area contributed by atoms with Gasteiger partial charge in [0, 0.05) is 60.2 Å². The average Bonchev–Trinajstić information content (AvgIpc) is 3.39. The van der Waals surface area contributed by atoms with Crippen molar-refractivity contribution in [1.29, 1.82) is 0 Å². The molecular weight excluding hydrogens is 426 g/mol. The maximum Gasteiger partial charge on any atom is 0.320 e. The van der Waals surface area contributed by atoms with Crippen LogP contribution in [0.1, 0.15) is 19.5 Å². The topological polar surface area (TPSA) is 98.8 Å². The summed E-state index contributed by atoms with van der Waals surface area (Å²) >= 11 is 0. The Morgan fingerprint density at radius 3 is 2.88 bits per heavy atom. The van der Waals surface area contributed by atoms with Crippen molar-refractivity contribution in [3.05, 3.63) is 60.6 Å². The van der Waals surface area contributed by atoms with Crippen molar-refractivity contribution in [2.75, 3.05) is 25.5 Å². The molecule has 8 nitrogen and oxygen atoms in total. The Morgan fingerprint density at radius 2 is 2.09 bits per heavy atom. The minimum atomic E-state index is -0.242. The number of likely N-dealkylation sites (tertiary alicyclic amines) is 1. The van der Waals surface area contributed by atoms with E-state index < -0.39 is 0 Å². The van der Waals surface area contributed by atoms with Gasteiger partial charge >= 0.3 is 6.03 Å². The van der Waals surface area contributed by atoms with Crippen LogP contribution in [0.2, 0.25) is 0 Å². The number of hydrogen-bond acceptors (Lipinski definition) is 5. The fraction of sp³-hybridized carbons (Fsp3) is 0.385. The van der Waals surface area contributed by atoms with Crippen LogP contribution in [0, 0.1) is 24.2 Å². The molecule has 3 N–H and O–H groups in total. The Morgan fingerprint density at radius 1 is 1.24 bits per heavy atom. The van der Waals surface area contributed by atoms with E-state index in [1.54, 1.807) is 12.4 Å². The highest BCUT2D eigenvalue weighted by molar-refractivity contribution is 5.95. The molecule has 0 aromatic carbocycles. The lowest BCUT2D eigenvalue weighted by atomic mass is 9.65. The molecule has 4 heterocycles. The maximum absolute atomic E-state index is 12.9. The number of aromatic amines is 1. The fourth-order valence-electron chi connectivity index (χ4n) is 5.31. The van der Waals surface area contributed by atoms with Gasteiger partial charge in [-0.1, -0.05) is 38.2 Å². The molecule has 1 fully saturated rings. The summed E-state index contributed by atoms with van der Waals surface area (Å²) in [5.41, 5.74) is 3.53. The number of nitrogens with zero attached hydrogens (tertiary/aromatic N) is 4. The van der Waals surface area contributed by atoms with Crippen molar-refractivity contribution < 1.29 is 4.79 Å². The van der Waals surface area contributed by atoms with Crippen LogP contribution in [0.25, 0.3) is 22.2 Å². The summed E-state index contributed by atoms with van der Waals surface area (Å²) in [7, 11) is 2.11. The molecule has 176 valence electrons. The largest absolute Gasteiger partial charge is 0.333 e. The molecule has 0 spiro atoms. The van der Waals surface area contributed by atoms with Gasteiger partial charge < -0.3 is 10.2 Å². The van der Waals surface area contributed by atoms with Crippen molar-refractivity contribution in [3.8, 4) is 11.3 Å².